The number of carbonyl (C=O) groups is 2. The van der Waals surface area contributed by atoms with Crippen molar-refractivity contribution in [2.75, 3.05) is 11.9 Å². The Balaban J connectivity index is 1.26. The first-order valence-corrected chi connectivity index (χ1v) is 10.8. The van der Waals surface area contributed by atoms with Gasteiger partial charge in [-0.3, -0.25) is 4.79 Å². The number of hydrogen-bond acceptors (Lipinski definition) is 6. The molecule has 4 rings (SSSR count). The van der Waals surface area contributed by atoms with Crippen LogP contribution in [0, 0.1) is 0 Å². The van der Waals surface area contributed by atoms with Gasteiger partial charge in [-0.05, 0) is 36.0 Å². The topological polar surface area (TPSA) is 80.3 Å². The summed E-state index contributed by atoms with van der Waals surface area (Å²) in [5, 5.41) is 8.43. The molecule has 0 fully saturated rings. The number of fused-ring (bicyclic) bond motifs is 1. The van der Waals surface area contributed by atoms with Crippen molar-refractivity contribution in [1.29, 1.82) is 0 Å². The number of esters is 1. The number of aromatic nitrogens is 1. The van der Waals surface area contributed by atoms with Crippen LogP contribution in [-0.4, -0.2) is 23.5 Å². The SMILES string of the molecule is O=C(COC(=O)c1csc(NCc2ccccc2)n1)N[C@@H]1CCCc2ccccc21. The second kappa shape index (κ2) is 9.54. The van der Waals surface area contributed by atoms with Gasteiger partial charge in [-0.25, -0.2) is 9.78 Å². The summed E-state index contributed by atoms with van der Waals surface area (Å²) in [5.41, 5.74) is 3.74. The fourth-order valence-corrected chi connectivity index (χ4v) is 4.25. The predicted molar refractivity (Wildman–Crippen MR) is 116 cm³/mol. The number of hydrogen-bond donors (Lipinski definition) is 2. The Morgan fingerprint density at radius 2 is 1.90 bits per heavy atom. The van der Waals surface area contributed by atoms with Crippen LogP contribution in [0.25, 0.3) is 0 Å². The second-order valence-electron chi connectivity index (χ2n) is 7.16. The van der Waals surface area contributed by atoms with Crippen LogP contribution in [0.3, 0.4) is 0 Å². The molecule has 0 radical (unpaired) electrons. The Labute approximate surface area is 179 Å². The average molecular weight is 422 g/mol. The molecule has 0 bridgehead atoms. The monoisotopic (exact) mass is 421 g/mol. The first-order valence-electron chi connectivity index (χ1n) is 9.96. The minimum absolute atomic E-state index is 0.0331. The number of rotatable bonds is 7. The maximum atomic E-state index is 12.3. The van der Waals surface area contributed by atoms with Gasteiger partial charge in [0.15, 0.2) is 17.4 Å². The summed E-state index contributed by atoms with van der Waals surface area (Å²) < 4.78 is 5.16. The van der Waals surface area contributed by atoms with E-state index in [0.717, 1.165) is 30.4 Å². The molecule has 0 saturated heterocycles. The summed E-state index contributed by atoms with van der Waals surface area (Å²) >= 11 is 1.33. The number of aryl methyl sites for hydroxylation is 1. The number of nitrogens with one attached hydrogen (secondary N) is 2. The zero-order valence-electron chi connectivity index (χ0n) is 16.5. The van der Waals surface area contributed by atoms with E-state index in [-0.39, 0.29) is 24.2 Å². The van der Waals surface area contributed by atoms with Crippen molar-refractivity contribution < 1.29 is 14.3 Å². The summed E-state index contributed by atoms with van der Waals surface area (Å²) in [5.74, 6) is -0.902. The van der Waals surface area contributed by atoms with Gasteiger partial charge in [-0.2, -0.15) is 0 Å². The van der Waals surface area contributed by atoms with E-state index in [1.54, 1.807) is 5.38 Å². The van der Waals surface area contributed by atoms with Crippen molar-refractivity contribution in [1.82, 2.24) is 10.3 Å². The van der Waals surface area contributed by atoms with Gasteiger partial charge in [0.05, 0.1) is 6.04 Å². The number of ether oxygens (including phenoxy) is 1. The normalized spacial score (nSPS) is 15.1. The molecular weight excluding hydrogens is 398 g/mol. The minimum atomic E-state index is -0.599. The summed E-state index contributed by atoms with van der Waals surface area (Å²) in [6, 6.07) is 18.0. The lowest BCUT2D eigenvalue weighted by molar-refractivity contribution is -0.125. The maximum Gasteiger partial charge on any atom is 0.358 e. The number of anilines is 1. The predicted octanol–water partition coefficient (Wildman–Crippen LogP) is 4.11. The van der Waals surface area contributed by atoms with Crippen molar-refractivity contribution in [3.8, 4) is 0 Å². The first kappa shape index (κ1) is 20.1. The van der Waals surface area contributed by atoms with Crippen LogP contribution in [0.1, 0.15) is 46.1 Å². The third kappa shape index (κ3) is 5.04. The molecule has 0 unspecified atom stereocenters. The Kier molecular flexibility index (Phi) is 6.39. The largest absolute Gasteiger partial charge is 0.451 e. The second-order valence-corrected chi connectivity index (χ2v) is 8.02. The van der Waals surface area contributed by atoms with E-state index in [9.17, 15) is 9.59 Å². The fourth-order valence-electron chi connectivity index (χ4n) is 3.57. The molecule has 0 spiro atoms. The van der Waals surface area contributed by atoms with Crippen LogP contribution in [0.15, 0.2) is 60.0 Å². The number of thiazole rings is 1. The van der Waals surface area contributed by atoms with E-state index in [2.05, 4.69) is 21.7 Å². The highest BCUT2D eigenvalue weighted by Gasteiger charge is 2.22. The van der Waals surface area contributed by atoms with Gasteiger partial charge in [0.25, 0.3) is 5.91 Å². The van der Waals surface area contributed by atoms with Crippen molar-refractivity contribution in [2.24, 2.45) is 0 Å². The Hall–Kier alpha value is -3.19. The highest BCUT2D eigenvalue weighted by atomic mass is 32.1. The highest BCUT2D eigenvalue weighted by molar-refractivity contribution is 7.13. The zero-order valence-corrected chi connectivity index (χ0v) is 17.3. The van der Waals surface area contributed by atoms with Crippen LogP contribution in [0.4, 0.5) is 5.13 Å². The zero-order chi connectivity index (χ0) is 20.8. The van der Waals surface area contributed by atoms with Crippen molar-refractivity contribution in [3.05, 3.63) is 82.4 Å². The third-order valence-corrected chi connectivity index (χ3v) is 5.84. The third-order valence-electron chi connectivity index (χ3n) is 5.04. The first-order chi connectivity index (χ1) is 14.7. The van der Waals surface area contributed by atoms with Gasteiger partial charge < -0.3 is 15.4 Å². The van der Waals surface area contributed by atoms with Gasteiger partial charge >= 0.3 is 5.97 Å². The van der Waals surface area contributed by atoms with E-state index in [1.807, 2.05) is 48.5 Å². The number of amides is 1. The van der Waals surface area contributed by atoms with Crippen LogP contribution >= 0.6 is 11.3 Å². The molecule has 1 aliphatic rings. The summed E-state index contributed by atoms with van der Waals surface area (Å²) in [6.07, 6.45) is 2.94. The molecule has 1 aliphatic carbocycles. The summed E-state index contributed by atoms with van der Waals surface area (Å²) in [4.78, 5) is 28.8. The van der Waals surface area contributed by atoms with Gasteiger partial charge in [0.2, 0.25) is 0 Å². The average Bonchev–Trinajstić information content (AvgIpc) is 3.26. The van der Waals surface area contributed by atoms with E-state index < -0.39 is 5.97 Å². The Bertz CT molecular complexity index is 1020. The lowest BCUT2D eigenvalue weighted by atomic mass is 9.88. The van der Waals surface area contributed by atoms with E-state index in [4.69, 9.17) is 4.74 Å². The van der Waals surface area contributed by atoms with Crippen LogP contribution in [0.5, 0.6) is 0 Å². The summed E-state index contributed by atoms with van der Waals surface area (Å²) in [6.45, 7) is 0.302. The molecule has 1 atom stereocenters. The molecular formula is C23H23N3O3S. The molecule has 3 aromatic rings. The van der Waals surface area contributed by atoms with E-state index >= 15 is 0 Å². The lowest BCUT2D eigenvalue weighted by Gasteiger charge is -2.26. The molecule has 1 heterocycles. The highest BCUT2D eigenvalue weighted by Crippen LogP contribution is 2.29. The van der Waals surface area contributed by atoms with Crippen LogP contribution < -0.4 is 10.6 Å². The molecule has 154 valence electrons. The number of benzene rings is 2. The Morgan fingerprint density at radius 3 is 2.77 bits per heavy atom. The Morgan fingerprint density at radius 1 is 1.10 bits per heavy atom. The van der Waals surface area contributed by atoms with Gasteiger partial charge in [-0.1, -0.05) is 54.6 Å². The molecule has 1 aromatic heterocycles. The molecule has 0 saturated carbocycles. The van der Waals surface area contributed by atoms with Crippen molar-refractivity contribution in [3.63, 3.8) is 0 Å². The van der Waals surface area contributed by atoms with Gasteiger partial charge in [0.1, 0.15) is 0 Å². The molecule has 1 amide bonds. The molecule has 2 N–H and O–H groups in total. The quantitative estimate of drug-likeness (QED) is 0.561. The van der Waals surface area contributed by atoms with Crippen LogP contribution in [0.2, 0.25) is 0 Å². The lowest BCUT2D eigenvalue weighted by Crippen LogP contribution is -2.34. The fraction of sp³-hybridized carbons (Fsp3) is 0.261. The number of nitrogens with zero attached hydrogens (tertiary/aromatic N) is 1. The molecule has 30 heavy (non-hydrogen) atoms. The van der Waals surface area contributed by atoms with Crippen molar-refractivity contribution >= 4 is 28.3 Å². The van der Waals surface area contributed by atoms with E-state index in [1.165, 1.54) is 16.9 Å². The molecule has 2 aromatic carbocycles. The summed E-state index contributed by atoms with van der Waals surface area (Å²) in [7, 11) is 0. The minimum Gasteiger partial charge on any atom is -0.451 e. The van der Waals surface area contributed by atoms with Crippen LogP contribution in [-0.2, 0) is 22.5 Å². The molecule has 7 heteroatoms. The molecule has 0 aliphatic heterocycles. The maximum absolute atomic E-state index is 12.3. The molecule has 6 nitrogen and oxygen atoms in total. The van der Waals surface area contributed by atoms with Gasteiger partial charge in [-0.15, -0.1) is 11.3 Å². The van der Waals surface area contributed by atoms with Crippen molar-refractivity contribution in [2.45, 2.75) is 31.8 Å². The van der Waals surface area contributed by atoms with E-state index in [0.29, 0.717) is 11.7 Å². The smallest absolute Gasteiger partial charge is 0.358 e. The standard InChI is InChI=1S/C23H23N3O3S/c27-21(25-19-12-6-10-17-9-4-5-11-18(17)19)14-29-22(28)20-15-30-23(26-20)24-13-16-7-2-1-3-8-16/h1-5,7-9,11,15,19H,6,10,12-14H2,(H,24,26)(H,25,27)/t19-/m1/s1. The van der Waals surface area contributed by atoms with Gasteiger partial charge in [0, 0.05) is 11.9 Å². The number of carbonyl (C=O) groups excluding carboxylic acids is 2.